The summed E-state index contributed by atoms with van der Waals surface area (Å²) in [6.45, 7) is 8.61. The lowest BCUT2D eigenvalue weighted by atomic mass is 9.91. The van der Waals surface area contributed by atoms with Crippen LogP contribution >= 0.6 is 15.9 Å². The van der Waals surface area contributed by atoms with Crippen molar-refractivity contribution in [1.82, 2.24) is 5.32 Å². The van der Waals surface area contributed by atoms with Crippen molar-refractivity contribution in [1.29, 1.82) is 0 Å². The third-order valence-corrected chi connectivity index (χ3v) is 4.05. The van der Waals surface area contributed by atoms with E-state index in [2.05, 4.69) is 40.0 Å². The molecule has 0 saturated carbocycles. The molecule has 2 rings (SSSR count). The van der Waals surface area contributed by atoms with Gasteiger partial charge in [-0.2, -0.15) is 0 Å². The summed E-state index contributed by atoms with van der Waals surface area (Å²) in [4.78, 5) is 0. The highest BCUT2D eigenvalue weighted by atomic mass is 79.9. The zero-order chi connectivity index (χ0) is 13.0. The number of hydrogen-bond donors (Lipinski definition) is 1. The minimum Gasteiger partial charge on any atom is -0.488 e. The first kappa shape index (κ1) is 13.6. The lowest BCUT2D eigenvalue weighted by molar-refractivity contribution is 0.349. The summed E-state index contributed by atoms with van der Waals surface area (Å²) in [6, 6.07) is 6.27. The third kappa shape index (κ3) is 3.36. The van der Waals surface area contributed by atoms with Gasteiger partial charge in [0, 0.05) is 6.54 Å². The quantitative estimate of drug-likeness (QED) is 0.852. The molecule has 0 spiro atoms. The van der Waals surface area contributed by atoms with Gasteiger partial charge in [-0.05, 0) is 65.4 Å². The van der Waals surface area contributed by atoms with Crippen LogP contribution in [0.2, 0.25) is 0 Å². The molecule has 1 atom stereocenters. The Labute approximate surface area is 118 Å². The fourth-order valence-electron chi connectivity index (χ4n) is 2.27. The lowest BCUT2D eigenvalue weighted by Gasteiger charge is -2.24. The maximum absolute atomic E-state index is 5.76. The van der Waals surface area contributed by atoms with Crippen molar-refractivity contribution in [3.63, 3.8) is 0 Å². The molecule has 18 heavy (non-hydrogen) atoms. The van der Waals surface area contributed by atoms with Crippen LogP contribution in [0.25, 0.3) is 0 Å². The van der Waals surface area contributed by atoms with Gasteiger partial charge in [-0.1, -0.05) is 18.7 Å². The van der Waals surface area contributed by atoms with Gasteiger partial charge in [0.05, 0.1) is 4.47 Å². The van der Waals surface area contributed by atoms with Gasteiger partial charge in [0.15, 0.2) is 0 Å². The summed E-state index contributed by atoms with van der Waals surface area (Å²) in [5, 5.41) is 3.45. The summed E-state index contributed by atoms with van der Waals surface area (Å²) in [6.07, 6.45) is 2.49. The molecule has 0 radical (unpaired) electrons. The normalized spacial score (nSPS) is 19.6. The predicted octanol–water partition coefficient (Wildman–Crippen LogP) is 3.87. The Kier molecular flexibility index (Phi) is 4.84. The number of halogens is 1. The maximum Gasteiger partial charge on any atom is 0.134 e. The first-order valence-corrected chi connectivity index (χ1v) is 7.24. The summed E-state index contributed by atoms with van der Waals surface area (Å²) in [5.74, 6) is 1.50. The van der Waals surface area contributed by atoms with Crippen LogP contribution in [0.4, 0.5) is 0 Å². The standard InChI is InChI=1S/C15H20BrNO/c1-11(2)10-18-14-7-3-6-13(15(14)16)12-5-4-8-17-9-12/h3,6-7,12,17H,1,4-5,8-10H2,2H3. The molecule has 0 bridgehead atoms. The first-order chi connectivity index (χ1) is 8.68. The van der Waals surface area contributed by atoms with Crippen molar-refractivity contribution in [2.45, 2.75) is 25.7 Å². The maximum atomic E-state index is 5.76. The van der Waals surface area contributed by atoms with Crippen LogP contribution in [-0.2, 0) is 0 Å². The molecule has 1 unspecified atom stereocenters. The van der Waals surface area contributed by atoms with Crippen molar-refractivity contribution in [3.05, 3.63) is 40.4 Å². The van der Waals surface area contributed by atoms with Crippen molar-refractivity contribution in [2.24, 2.45) is 0 Å². The minimum absolute atomic E-state index is 0.574. The number of piperidine rings is 1. The zero-order valence-electron chi connectivity index (χ0n) is 10.8. The van der Waals surface area contributed by atoms with Crippen LogP contribution in [0.1, 0.15) is 31.2 Å². The molecular weight excluding hydrogens is 290 g/mol. The Bertz CT molecular complexity index is 425. The second-order valence-electron chi connectivity index (χ2n) is 4.95. The molecule has 2 nitrogen and oxygen atoms in total. The van der Waals surface area contributed by atoms with Crippen molar-refractivity contribution in [3.8, 4) is 5.75 Å². The van der Waals surface area contributed by atoms with Gasteiger partial charge in [-0.3, -0.25) is 0 Å². The fraction of sp³-hybridized carbons (Fsp3) is 0.467. The Hall–Kier alpha value is -0.800. The van der Waals surface area contributed by atoms with E-state index in [9.17, 15) is 0 Å². The predicted molar refractivity (Wildman–Crippen MR) is 79.3 cm³/mol. The molecule has 1 aliphatic heterocycles. The van der Waals surface area contributed by atoms with Crippen LogP contribution in [-0.4, -0.2) is 19.7 Å². The Morgan fingerprint density at radius 2 is 2.39 bits per heavy atom. The topological polar surface area (TPSA) is 21.3 Å². The van der Waals surface area contributed by atoms with E-state index in [1.54, 1.807) is 0 Å². The highest BCUT2D eigenvalue weighted by molar-refractivity contribution is 9.10. The second-order valence-corrected chi connectivity index (χ2v) is 5.74. The Morgan fingerprint density at radius 3 is 3.06 bits per heavy atom. The molecule has 1 aromatic carbocycles. The Morgan fingerprint density at radius 1 is 1.56 bits per heavy atom. The van der Waals surface area contributed by atoms with Gasteiger partial charge >= 0.3 is 0 Å². The van der Waals surface area contributed by atoms with Crippen LogP contribution in [0.3, 0.4) is 0 Å². The largest absolute Gasteiger partial charge is 0.488 e. The molecule has 1 fully saturated rings. The number of nitrogens with one attached hydrogen (secondary N) is 1. The average Bonchev–Trinajstić information content (AvgIpc) is 2.38. The fourth-order valence-corrected chi connectivity index (χ4v) is 2.98. The SMILES string of the molecule is C=C(C)COc1cccc(C2CCCNC2)c1Br. The van der Waals surface area contributed by atoms with E-state index in [0.717, 1.165) is 28.9 Å². The van der Waals surface area contributed by atoms with E-state index < -0.39 is 0 Å². The van der Waals surface area contributed by atoms with Crippen molar-refractivity contribution >= 4 is 15.9 Å². The van der Waals surface area contributed by atoms with Crippen LogP contribution < -0.4 is 10.1 Å². The average molecular weight is 310 g/mol. The van der Waals surface area contributed by atoms with Gasteiger partial charge in [-0.25, -0.2) is 0 Å². The van der Waals surface area contributed by atoms with Gasteiger partial charge in [0.25, 0.3) is 0 Å². The van der Waals surface area contributed by atoms with Crippen molar-refractivity contribution < 1.29 is 4.74 Å². The molecule has 1 saturated heterocycles. The highest BCUT2D eigenvalue weighted by Crippen LogP contribution is 2.35. The summed E-state index contributed by atoms with van der Waals surface area (Å²) in [7, 11) is 0. The molecule has 0 aliphatic carbocycles. The summed E-state index contributed by atoms with van der Waals surface area (Å²) < 4.78 is 6.86. The molecule has 3 heteroatoms. The zero-order valence-corrected chi connectivity index (χ0v) is 12.4. The third-order valence-electron chi connectivity index (χ3n) is 3.20. The Balaban J connectivity index is 2.15. The van der Waals surface area contributed by atoms with Crippen LogP contribution in [0.5, 0.6) is 5.75 Å². The molecular formula is C15H20BrNO. The monoisotopic (exact) mass is 309 g/mol. The second kappa shape index (κ2) is 6.39. The molecule has 1 heterocycles. The van der Waals surface area contributed by atoms with Crippen LogP contribution in [0.15, 0.2) is 34.8 Å². The van der Waals surface area contributed by atoms with Crippen molar-refractivity contribution in [2.75, 3.05) is 19.7 Å². The van der Waals surface area contributed by atoms with Crippen LogP contribution in [0, 0.1) is 0 Å². The van der Waals surface area contributed by atoms with Gasteiger partial charge < -0.3 is 10.1 Å². The first-order valence-electron chi connectivity index (χ1n) is 6.45. The number of rotatable bonds is 4. The minimum atomic E-state index is 0.574. The summed E-state index contributed by atoms with van der Waals surface area (Å²) >= 11 is 3.68. The number of ether oxygens (including phenoxy) is 1. The molecule has 1 N–H and O–H groups in total. The van der Waals surface area contributed by atoms with Gasteiger partial charge in [0.1, 0.15) is 12.4 Å². The number of benzene rings is 1. The lowest BCUT2D eigenvalue weighted by Crippen LogP contribution is -2.28. The van der Waals surface area contributed by atoms with Gasteiger partial charge in [-0.15, -0.1) is 0 Å². The van der Waals surface area contributed by atoms with E-state index in [4.69, 9.17) is 4.74 Å². The molecule has 0 aromatic heterocycles. The van der Waals surface area contributed by atoms with Gasteiger partial charge in [0.2, 0.25) is 0 Å². The molecule has 1 aliphatic rings. The van der Waals surface area contributed by atoms with E-state index >= 15 is 0 Å². The van der Waals surface area contributed by atoms with E-state index in [0.29, 0.717) is 12.5 Å². The molecule has 0 amide bonds. The summed E-state index contributed by atoms with van der Waals surface area (Å²) in [5.41, 5.74) is 2.38. The highest BCUT2D eigenvalue weighted by Gasteiger charge is 2.19. The van der Waals surface area contributed by atoms with E-state index in [-0.39, 0.29) is 0 Å². The molecule has 98 valence electrons. The van der Waals surface area contributed by atoms with E-state index in [1.165, 1.54) is 18.4 Å². The molecule has 1 aromatic rings. The number of hydrogen-bond acceptors (Lipinski definition) is 2. The smallest absolute Gasteiger partial charge is 0.134 e. The van der Waals surface area contributed by atoms with E-state index in [1.807, 2.05) is 13.0 Å².